The molecule has 0 heterocycles. The molecule has 1 aromatic rings. The quantitative estimate of drug-likeness (QED) is 0.819. The highest BCUT2D eigenvalue weighted by atomic mass is 15.1. The first-order valence-corrected chi connectivity index (χ1v) is 6.46. The lowest BCUT2D eigenvalue weighted by atomic mass is 10.1. The molecule has 0 spiro atoms. The van der Waals surface area contributed by atoms with Crippen molar-refractivity contribution in [3.8, 4) is 0 Å². The molecule has 0 atom stereocenters. The zero-order valence-corrected chi connectivity index (χ0v) is 11.7. The Bertz CT molecular complexity index is 322. The predicted molar refractivity (Wildman–Crippen MR) is 75.3 cm³/mol. The smallest absolute Gasteiger partial charge is 0.0225 e. The van der Waals surface area contributed by atoms with E-state index in [-0.39, 0.29) is 5.54 Å². The third-order valence-electron chi connectivity index (χ3n) is 2.89. The zero-order chi connectivity index (χ0) is 12.9. The van der Waals surface area contributed by atoms with Crippen molar-refractivity contribution in [2.24, 2.45) is 5.73 Å². The molecule has 0 bridgehead atoms. The number of nitrogens with two attached hydrogens (primary N) is 1. The molecule has 0 saturated heterocycles. The van der Waals surface area contributed by atoms with Crippen LogP contribution in [0.5, 0.6) is 0 Å². The number of rotatable bonds is 6. The molecular formula is C15H26N2. The van der Waals surface area contributed by atoms with Gasteiger partial charge in [0.25, 0.3) is 0 Å². The molecule has 1 aromatic carbocycles. The molecule has 0 aliphatic carbocycles. The molecule has 0 fully saturated rings. The van der Waals surface area contributed by atoms with Crippen LogP contribution >= 0.6 is 0 Å². The van der Waals surface area contributed by atoms with Gasteiger partial charge in [0.05, 0.1) is 0 Å². The van der Waals surface area contributed by atoms with E-state index in [4.69, 9.17) is 5.73 Å². The van der Waals surface area contributed by atoms with Crippen LogP contribution in [0.3, 0.4) is 0 Å². The average molecular weight is 234 g/mol. The molecule has 2 N–H and O–H groups in total. The van der Waals surface area contributed by atoms with E-state index in [2.05, 4.69) is 57.0 Å². The zero-order valence-electron chi connectivity index (χ0n) is 11.7. The van der Waals surface area contributed by atoms with Gasteiger partial charge in [-0.3, -0.25) is 0 Å². The number of aryl methyl sites for hydroxylation is 1. The number of benzene rings is 1. The first-order chi connectivity index (χ1) is 7.90. The lowest BCUT2D eigenvalue weighted by Gasteiger charge is -2.26. The number of hydrogen-bond donors (Lipinski definition) is 1. The van der Waals surface area contributed by atoms with Crippen molar-refractivity contribution >= 4 is 0 Å². The van der Waals surface area contributed by atoms with E-state index in [0.29, 0.717) is 0 Å². The minimum atomic E-state index is -0.110. The molecule has 1 rings (SSSR count). The van der Waals surface area contributed by atoms with Crippen LogP contribution in [-0.4, -0.2) is 30.6 Å². The Labute approximate surface area is 106 Å². The molecule has 17 heavy (non-hydrogen) atoms. The van der Waals surface area contributed by atoms with Crippen LogP contribution in [0.2, 0.25) is 0 Å². The molecule has 96 valence electrons. The molecule has 0 aliphatic rings. The third kappa shape index (κ3) is 5.85. The van der Waals surface area contributed by atoms with Gasteiger partial charge in [-0.1, -0.05) is 31.2 Å². The van der Waals surface area contributed by atoms with E-state index in [1.807, 2.05) is 0 Å². The number of nitrogens with zero attached hydrogens (tertiary/aromatic N) is 1. The summed E-state index contributed by atoms with van der Waals surface area (Å²) in [6, 6.07) is 8.92. The first-order valence-electron chi connectivity index (χ1n) is 6.46. The maximum absolute atomic E-state index is 6.00. The fraction of sp³-hybridized carbons (Fsp3) is 0.600. The second-order valence-corrected chi connectivity index (χ2v) is 5.65. The van der Waals surface area contributed by atoms with Crippen LogP contribution in [-0.2, 0) is 12.8 Å². The Balaban J connectivity index is 2.39. The topological polar surface area (TPSA) is 29.3 Å². The summed E-state index contributed by atoms with van der Waals surface area (Å²) in [7, 11) is 2.13. The van der Waals surface area contributed by atoms with Crippen molar-refractivity contribution in [3.05, 3.63) is 35.4 Å². The van der Waals surface area contributed by atoms with Crippen LogP contribution < -0.4 is 5.73 Å². The molecule has 0 aliphatic heterocycles. The van der Waals surface area contributed by atoms with E-state index in [9.17, 15) is 0 Å². The lowest BCUT2D eigenvalue weighted by molar-refractivity contribution is 0.273. The average Bonchev–Trinajstić information content (AvgIpc) is 2.25. The minimum absolute atomic E-state index is 0.110. The van der Waals surface area contributed by atoms with Crippen LogP contribution in [0.25, 0.3) is 0 Å². The second kappa shape index (κ2) is 6.18. The molecule has 0 unspecified atom stereocenters. The molecule has 2 heteroatoms. The van der Waals surface area contributed by atoms with E-state index in [0.717, 1.165) is 25.9 Å². The SMILES string of the molecule is CCc1ccc(CCN(C)CC(C)(C)N)cc1. The van der Waals surface area contributed by atoms with Gasteiger partial charge in [-0.05, 0) is 44.9 Å². The monoisotopic (exact) mass is 234 g/mol. The van der Waals surface area contributed by atoms with E-state index < -0.39 is 0 Å². The Hall–Kier alpha value is -0.860. The van der Waals surface area contributed by atoms with E-state index in [1.54, 1.807) is 0 Å². The van der Waals surface area contributed by atoms with Crippen molar-refractivity contribution in [2.75, 3.05) is 20.1 Å². The van der Waals surface area contributed by atoms with Gasteiger partial charge in [0, 0.05) is 18.6 Å². The normalized spacial score (nSPS) is 12.1. The summed E-state index contributed by atoms with van der Waals surface area (Å²) in [5.41, 5.74) is 8.71. The van der Waals surface area contributed by atoms with Gasteiger partial charge in [-0.2, -0.15) is 0 Å². The summed E-state index contributed by atoms with van der Waals surface area (Å²) in [6.07, 6.45) is 2.21. The van der Waals surface area contributed by atoms with Crippen LogP contribution in [0.15, 0.2) is 24.3 Å². The summed E-state index contributed by atoms with van der Waals surface area (Å²) in [5, 5.41) is 0. The largest absolute Gasteiger partial charge is 0.324 e. The van der Waals surface area contributed by atoms with Gasteiger partial charge in [-0.15, -0.1) is 0 Å². The Morgan fingerprint density at radius 2 is 1.65 bits per heavy atom. The van der Waals surface area contributed by atoms with Crippen molar-refractivity contribution in [3.63, 3.8) is 0 Å². The second-order valence-electron chi connectivity index (χ2n) is 5.65. The van der Waals surface area contributed by atoms with Crippen molar-refractivity contribution in [1.29, 1.82) is 0 Å². The number of hydrogen-bond acceptors (Lipinski definition) is 2. The fourth-order valence-electron chi connectivity index (χ4n) is 2.04. The van der Waals surface area contributed by atoms with Gasteiger partial charge in [0.15, 0.2) is 0 Å². The summed E-state index contributed by atoms with van der Waals surface area (Å²) >= 11 is 0. The van der Waals surface area contributed by atoms with Crippen LogP contribution in [0.4, 0.5) is 0 Å². The van der Waals surface area contributed by atoms with Gasteiger partial charge >= 0.3 is 0 Å². The van der Waals surface area contributed by atoms with Crippen LogP contribution in [0, 0.1) is 0 Å². The molecule has 0 radical (unpaired) electrons. The number of likely N-dealkylation sites (N-methyl/N-ethyl adjacent to an activating group) is 1. The standard InChI is InChI=1S/C15H26N2/c1-5-13-6-8-14(9-7-13)10-11-17(4)12-15(2,3)16/h6-9H,5,10-12,16H2,1-4H3. The van der Waals surface area contributed by atoms with Gasteiger partial charge < -0.3 is 10.6 Å². The molecule has 0 amide bonds. The Morgan fingerprint density at radius 1 is 1.12 bits per heavy atom. The molecule has 0 aromatic heterocycles. The summed E-state index contributed by atoms with van der Waals surface area (Å²) in [4.78, 5) is 2.30. The summed E-state index contributed by atoms with van der Waals surface area (Å²) in [5.74, 6) is 0. The minimum Gasteiger partial charge on any atom is -0.324 e. The highest BCUT2D eigenvalue weighted by Gasteiger charge is 2.13. The fourth-order valence-corrected chi connectivity index (χ4v) is 2.04. The van der Waals surface area contributed by atoms with Crippen molar-refractivity contribution < 1.29 is 0 Å². The lowest BCUT2D eigenvalue weighted by Crippen LogP contribution is -2.44. The molecule has 0 saturated carbocycles. The van der Waals surface area contributed by atoms with Crippen LogP contribution in [0.1, 0.15) is 31.9 Å². The highest BCUT2D eigenvalue weighted by molar-refractivity contribution is 5.22. The summed E-state index contributed by atoms with van der Waals surface area (Å²) < 4.78 is 0. The highest BCUT2D eigenvalue weighted by Crippen LogP contribution is 2.07. The maximum Gasteiger partial charge on any atom is 0.0225 e. The van der Waals surface area contributed by atoms with Gasteiger partial charge in [0.1, 0.15) is 0 Å². The maximum atomic E-state index is 6.00. The van der Waals surface area contributed by atoms with Crippen molar-refractivity contribution in [1.82, 2.24) is 4.90 Å². The Kier molecular flexibility index (Phi) is 5.16. The van der Waals surface area contributed by atoms with Gasteiger partial charge in [-0.25, -0.2) is 0 Å². The van der Waals surface area contributed by atoms with E-state index >= 15 is 0 Å². The van der Waals surface area contributed by atoms with Gasteiger partial charge in [0.2, 0.25) is 0 Å². The first kappa shape index (κ1) is 14.2. The third-order valence-corrected chi connectivity index (χ3v) is 2.89. The molecule has 2 nitrogen and oxygen atoms in total. The predicted octanol–water partition coefficient (Wildman–Crippen LogP) is 2.46. The summed E-state index contributed by atoms with van der Waals surface area (Å²) in [6.45, 7) is 8.32. The van der Waals surface area contributed by atoms with E-state index in [1.165, 1.54) is 11.1 Å². The Morgan fingerprint density at radius 3 is 2.12 bits per heavy atom. The van der Waals surface area contributed by atoms with Crippen molar-refractivity contribution in [2.45, 2.75) is 39.2 Å². The molecular weight excluding hydrogens is 208 g/mol.